The summed E-state index contributed by atoms with van der Waals surface area (Å²) in [5.74, 6) is 0.150. The number of ether oxygens (including phenoxy) is 3. The van der Waals surface area contributed by atoms with Crippen molar-refractivity contribution in [2.75, 3.05) is 40.0 Å². The summed E-state index contributed by atoms with van der Waals surface area (Å²) in [5, 5.41) is 4.58. The summed E-state index contributed by atoms with van der Waals surface area (Å²) < 4.78 is 58.7. The zero-order valence-corrected chi connectivity index (χ0v) is 23.8. The molecule has 1 amide bonds. The number of hydrogen-bond acceptors (Lipinski definition) is 7. The second kappa shape index (κ2) is 12.3. The van der Waals surface area contributed by atoms with Crippen LogP contribution in [0.2, 0.25) is 0 Å². The molecule has 13 heteroatoms. The first-order valence-electron chi connectivity index (χ1n) is 12.8. The summed E-state index contributed by atoms with van der Waals surface area (Å²) in [6, 6.07) is 14.3. The first-order chi connectivity index (χ1) is 20.2. The maximum Gasteiger partial charge on any atom is 0.416 e. The number of morpholine rings is 1. The summed E-state index contributed by atoms with van der Waals surface area (Å²) in [7, 11) is 1.43. The number of halogens is 4. The summed E-state index contributed by atoms with van der Waals surface area (Å²) in [6.45, 7) is 1.49. The van der Waals surface area contributed by atoms with Crippen molar-refractivity contribution in [2.45, 2.75) is 6.18 Å². The van der Waals surface area contributed by atoms with Crippen molar-refractivity contribution in [1.29, 1.82) is 0 Å². The fourth-order valence-corrected chi connectivity index (χ4v) is 4.86. The number of nitrogens with zero attached hydrogens (tertiary/aromatic N) is 4. The molecule has 3 aromatic carbocycles. The molecule has 1 fully saturated rings. The van der Waals surface area contributed by atoms with Crippen LogP contribution in [0.5, 0.6) is 11.5 Å². The van der Waals surface area contributed by atoms with Crippen LogP contribution in [0.25, 0.3) is 22.3 Å². The Morgan fingerprint density at radius 3 is 2.62 bits per heavy atom. The fraction of sp³-hybridized carbons (Fsp3) is 0.241. The predicted molar refractivity (Wildman–Crippen MR) is 153 cm³/mol. The third kappa shape index (κ3) is 6.31. The predicted octanol–water partition coefficient (Wildman–Crippen LogP) is 4.97. The highest BCUT2D eigenvalue weighted by Gasteiger charge is 2.31. The van der Waals surface area contributed by atoms with E-state index in [4.69, 9.17) is 14.2 Å². The van der Waals surface area contributed by atoms with Gasteiger partial charge in [-0.3, -0.25) is 9.59 Å². The maximum absolute atomic E-state index is 13.6. The van der Waals surface area contributed by atoms with Crippen LogP contribution in [-0.4, -0.2) is 66.7 Å². The van der Waals surface area contributed by atoms with Crippen molar-refractivity contribution in [3.8, 4) is 22.9 Å². The summed E-state index contributed by atoms with van der Waals surface area (Å²) in [6.07, 6.45) is -3.30. The number of carbonyl (C=O) groups is 1. The van der Waals surface area contributed by atoms with Gasteiger partial charge in [0.15, 0.2) is 23.9 Å². The average Bonchev–Trinajstić information content (AvgIpc) is 2.99. The maximum atomic E-state index is 13.6. The second-order valence-corrected chi connectivity index (χ2v) is 10.1. The van der Waals surface area contributed by atoms with Gasteiger partial charge < -0.3 is 19.1 Å². The van der Waals surface area contributed by atoms with Crippen molar-refractivity contribution in [3.05, 3.63) is 86.6 Å². The normalized spacial score (nSPS) is 14.0. The molecular formula is C29H24BrF3N4O5. The minimum atomic E-state index is -4.60. The number of para-hydroxylation sites is 1. The van der Waals surface area contributed by atoms with Gasteiger partial charge in [-0.25, -0.2) is 4.98 Å². The zero-order valence-electron chi connectivity index (χ0n) is 22.2. The molecule has 0 aliphatic carbocycles. The highest BCUT2D eigenvalue weighted by Crippen LogP contribution is 2.35. The highest BCUT2D eigenvalue weighted by atomic mass is 79.9. The highest BCUT2D eigenvalue weighted by molar-refractivity contribution is 9.10. The lowest BCUT2D eigenvalue weighted by molar-refractivity contribution is -0.138. The van der Waals surface area contributed by atoms with Gasteiger partial charge in [-0.2, -0.15) is 22.9 Å². The van der Waals surface area contributed by atoms with Gasteiger partial charge in [0, 0.05) is 28.7 Å². The molecule has 0 N–H and O–H groups in total. The Kier molecular flexibility index (Phi) is 8.59. The summed E-state index contributed by atoms with van der Waals surface area (Å²) in [5.41, 5.74) is -0.794. The van der Waals surface area contributed by atoms with E-state index in [0.717, 1.165) is 16.8 Å². The van der Waals surface area contributed by atoms with Crippen molar-refractivity contribution < 1.29 is 32.2 Å². The number of hydrogen-bond donors (Lipinski definition) is 0. The van der Waals surface area contributed by atoms with Gasteiger partial charge in [-0.05, 0) is 36.4 Å². The van der Waals surface area contributed by atoms with Crippen LogP contribution in [0.4, 0.5) is 13.2 Å². The van der Waals surface area contributed by atoms with Gasteiger partial charge in [0.05, 0.1) is 43.0 Å². The molecular weight excluding hydrogens is 621 g/mol. The summed E-state index contributed by atoms with van der Waals surface area (Å²) >= 11 is 3.41. The summed E-state index contributed by atoms with van der Waals surface area (Å²) in [4.78, 5) is 32.4. The zero-order chi connectivity index (χ0) is 29.9. The largest absolute Gasteiger partial charge is 0.493 e. The molecule has 0 spiro atoms. The van der Waals surface area contributed by atoms with E-state index in [9.17, 15) is 22.8 Å². The topological polar surface area (TPSA) is 95.2 Å². The van der Waals surface area contributed by atoms with Crippen LogP contribution >= 0.6 is 15.9 Å². The first kappa shape index (κ1) is 29.3. The lowest BCUT2D eigenvalue weighted by Gasteiger charge is -2.27. The molecule has 0 atom stereocenters. The number of fused-ring (bicyclic) bond motifs is 1. The van der Waals surface area contributed by atoms with Crippen molar-refractivity contribution >= 4 is 39.0 Å². The Labute approximate surface area is 246 Å². The smallest absolute Gasteiger partial charge is 0.416 e. The Hall–Kier alpha value is -4.23. The Morgan fingerprint density at radius 2 is 1.88 bits per heavy atom. The van der Waals surface area contributed by atoms with Crippen molar-refractivity contribution in [2.24, 2.45) is 5.10 Å². The molecule has 218 valence electrons. The molecule has 2 heterocycles. The standard InChI is InChI=1S/C29H24BrF3N4O5/c1-40-24-15-21(30)14-19(26(24)42-17-25(38)36-9-11-41-12-10-36)16-34-37-27(18-5-4-6-20(13-18)29(31,32)33)35-23-8-3-2-7-22(23)28(37)39/h2-8,13-16H,9-12,17H2,1H3. The molecule has 5 rings (SSSR count). The number of rotatable bonds is 7. The number of amides is 1. The van der Waals surface area contributed by atoms with Crippen LogP contribution in [0.15, 0.2) is 75.0 Å². The molecule has 1 saturated heterocycles. The molecule has 0 bridgehead atoms. The van der Waals surface area contributed by atoms with Gasteiger partial charge in [-0.15, -0.1) is 0 Å². The third-order valence-electron chi connectivity index (χ3n) is 6.49. The van der Waals surface area contributed by atoms with Crippen LogP contribution in [0.1, 0.15) is 11.1 Å². The molecule has 1 aliphatic rings. The van der Waals surface area contributed by atoms with Gasteiger partial charge in [-0.1, -0.05) is 40.2 Å². The van der Waals surface area contributed by atoms with E-state index in [1.807, 2.05) is 0 Å². The van der Waals surface area contributed by atoms with Crippen LogP contribution in [-0.2, 0) is 15.7 Å². The SMILES string of the molecule is COc1cc(Br)cc(C=Nn2c(-c3cccc(C(F)(F)F)c3)nc3ccccc3c2=O)c1OCC(=O)N1CCOCC1. The van der Waals surface area contributed by atoms with Crippen LogP contribution in [0.3, 0.4) is 0 Å². The monoisotopic (exact) mass is 644 g/mol. The van der Waals surface area contributed by atoms with Gasteiger partial charge >= 0.3 is 6.18 Å². The molecule has 0 saturated carbocycles. The number of methoxy groups -OCH3 is 1. The Balaban J connectivity index is 1.58. The molecule has 0 radical (unpaired) electrons. The molecule has 1 aliphatic heterocycles. The number of carbonyl (C=O) groups excluding carboxylic acids is 1. The van der Waals surface area contributed by atoms with E-state index < -0.39 is 17.3 Å². The number of aromatic nitrogens is 2. The minimum Gasteiger partial charge on any atom is -0.493 e. The molecule has 42 heavy (non-hydrogen) atoms. The van der Waals surface area contributed by atoms with Gasteiger partial charge in [0.1, 0.15) is 0 Å². The van der Waals surface area contributed by atoms with E-state index in [-0.39, 0.29) is 35.0 Å². The van der Waals surface area contributed by atoms with E-state index in [1.54, 1.807) is 41.3 Å². The van der Waals surface area contributed by atoms with Gasteiger partial charge in [0.2, 0.25) is 0 Å². The molecule has 9 nitrogen and oxygen atoms in total. The Morgan fingerprint density at radius 1 is 1.12 bits per heavy atom. The molecule has 1 aromatic heterocycles. The van der Waals surface area contributed by atoms with E-state index >= 15 is 0 Å². The number of alkyl halides is 3. The van der Waals surface area contributed by atoms with Crippen LogP contribution in [0, 0.1) is 0 Å². The van der Waals surface area contributed by atoms with E-state index in [0.29, 0.717) is 47.6 Å². The minimum absolute atomic E-state index is 0.0456. The first-order valence-corrected chi connectivity index (χ1v) is 13.5. The average molecular weight is 645 g/mol. The molecule has 4 aromatic rings. The van der Waals surface area contributed by atoms with E-state index in [1.165, 1.54) is 25.5 Å². The van der Waals surface area contributed by atoms with E-state index in [2.05, 4.69) is 26.0 Å². The lowest BCUT2D eigenvalue weighted by Crippen LogP contribution is -2.43. The second-order valence-electron chi connectivity index (χ2n) is 9.20. The third-order valence-corrected chi connectivity index (χ3v) is 6.94. The van der Waals surface area contributed by atoms with Crippen molar-refractivity contribution in [3.63, 3.8) is 0 Å². The fourth-order valence-electron chi connectivity index (χ4n) is 4.40. The van der Waals surface area contributed by atoms with Gasteiger partial charge in [0.25, 0.3) is 11.5 Å². The number of benzene rings is 3. The Bertz CT molecular complexity index is 1720. The molecule has 0 unspecified atom stereocenters. The van der Waals surface area contributed by atoms with Crippen LogP contribution < -0.4 is 15.0 Å². The lowest BCUT2D eigenvalue weighted by atomic mass is 10.1. The van der Waals surface area contributed by atoms with Crippen molar-refractivity contribution in [1.82, 2.24) is 14.6 Å². The quantitative estimate of drug-likeness (QED) is 0.264.